The summed E-state index contributed by atoms with van der Waals surface area (Å²) in [7, 11) is -4.12. The average Bonchev–Trinajstić information content (AvgIpc) is 2.90. The Kier molecular flexibility index (Phi) is 9.94. The van der Waals surface area contributed by atoms with Crippen LogP contribution in [0.15, 0.2) is 83.8 Å². The van der Waals surface area contributed by atoms with Crippen LogP contribution >= 0.6 is 11.6 Å². The summed E-state index contributed by atoms with van der Waals surface area (Å²) in [4.78, 5) is 28.4. The maximum absolute atomic E-state index is 13.9. The van der Waals surface area contributed by atoms with Crippen LogP contribution in [-0.2, 0) is 26.2 Å². The Morgan fingerprint density at radius 3 is 2.21 bits per heavy atom. The first-order chi connectivity index (χ1) is 18.0. The molecule has 0 aliphatic carbocycles. The second-order valence-electron chi connectivity index (χ2n) is 9.31. The highest BCUT2D eigenvalue weighted by Crippen LogP contribution is 2.25. The molecule has 0 aliphatic rings. The summed E-state index contributed by atoms with van der Waals surface area (Å²) >= 11 is 5.98. The van der Waals surface area contributed by atoms with E-state index in [4.69, 9.17) is 11.6 Å². The molecule has 2 atom stereocenters. The lowest BCUT2D eigenvalue weighted by atomic mass is 10.1. The number of nitrogens with one attached hydrogen (secondary N) is 1. The van der Waals surface area contributed by atoms with E-state index in [9.17, 15) is 18.0 Å². The first kappa shape index (κ1) is 29.2. The van der Waals surface area contributed by atoms with Crippen molar-refractivity contribution in [2.45, 2.75) is 57.6 Å². The molecule has 0 saturated heterocycles. The van der Waals surface area contributed by atoms with Crippen LogP contribution in [0.2, 0.25) is 5.02 Å². The minimum Gasteiger partial charge on any atom is -0.352 e. The molecular formula is C29H34ClN3O4S. The first-order valence-electron chi connectivity index (χ1n) is 12.5. The number of para-hydroxylation sites is 1. The summed E-state index contributed by atoms with van der Waals surface area (Å²) in [5.41, 5.74) is 2.19. The molecule has 202 valence electrons. The zero-order valence-electron chi connectivity index (χ0n) is 22.1. The Balaban J connectivity index is 2.00. The Morgan fingerprint density at radius 1 is 0.947 bits per heavy atom. The maximum Gasteiger partial charge on any atom is 0.264 e. The van der Waals surface area contributed by atoms with Gasteiger partial charge in [0.15, 0.2) is 0 Å². The summed E-state index contributed by atoms with van der Waals surface area (Å²) in [6.07, 6.45) is 0.741. The predicted molar refractivity (Wildman–Crippen MR) is 152 cm³/mol. The number of anilines is 1. The molecule has 1 N–H and O–H groups in total. The van der Waals surface area contributed by atoms with E-state index >= 15 is 0 Å². The minimum atomic E-state index is -4.12. The lowest BCUT2D eigenvalue weighted by molar-refractivity contribution is -0.139. The largest absolute Gasteiger partial charge is 0.352 e. The number of nitrogens with zero attached hydrogens (tertiary/aromatic N) is 2. The summed E-state index contributed by atoms with van der Waals surface area (Å²) in [5, 5.41) is 3.33. The van der Waals surface area contributed by atoms with Gasteiger partial charge in [-0.3, -0.25) is 13.9 Å². The van der Waals surface area contributed by atoms with E-state index in [1.165, 1.54) is 29.2 Å². The van der Waals surface area contributed by atoms with Crippen LogP contribution in [0.1, 0.15) is 38.3 Å². The van der Waals surface area contributed by atoms with Crippen LogP contribution in [-0.4, -0.2) is 43.8 Å². The van der Waals surface area contributed by atoms with E-state index in [1.807, 2.05) is 45.0 Å². The molecule has 3 aromatic rings. The normalized spacial score (nSPS) is 12.9. The summed E-state index contributed by atoms with van der Waals surface area (Å²) in [6, 6.07) is 21.0. The number of benzene rings is 3. The summed E-state index contributed by atoms with van der Waals surface area (Å²) < 4.78 is 28.5. The molecule has 0 aromatic heterocycles. The summed E-state index contributed by atoms with van der Waals surface area (Å²) in [6.45, 7) is 7.13. The number of hydrogen-bond donors (Lipinski definition) is 1. The van der Waals surface area contributed by atoms with Gasteiger partial charge in [0.1, 0.15) is 12.6 Å². The van der Waals surface area contributed by atoms with E-state index in [0.717, 1.165) is 21.9 Å². The van der Waals surface area contributed by atoms with Crippen LogP contribution in [0.4, 0.5) is 5.69 Å². The van der Waals surface area contributed by atoms with Gasteiger partial charge in [-0.1, -0.05) is 66.6 Å². The smallest absolute Gasteiger partial charge is 0.264 e. The standard InChI is InChI=1S/C29H34ClN3O4S/c1-5-22(3)31-29(35)23(4)32(19-24-11-9-10-21(2)18-24)28(34)20-33(26-12-7-6-8-13-26)38(36,37)27-16-14-25(30)15-17-27/h6-18,22-23H,5,19-20H2,1-4H3,(H,31,35). The molecule has 38 heavy (non-hydrogen) atoms. The SMILES string of the molecule is CCC(C)NC(=O)C(C)N(Cc1cccc(C)c1)C(=O)CN(c1ccccc1)S(=O)(=O)c1ccc(Cl)cc1. The topological polar surface area (TPSA) is 86.8 Å². The molecular weight excluding hydrogens is 522 g/mol. The van der Waals surface area contributed by atoms with Crippen molar-refractivity contribution in [1.29, 1.82) is 0 Å². The Hall–Kier alpha value is -3.36. The van der Waals surface area contributed by atoms with E-state index in [1.54, 1.807) is 37.3 Å². The fraction of sp³-hybridized carbons (Fsp3) is 0.310. The van der Waals surface area contributed by atoms with Gasteiger partial charge in [0.2, 0.25) is 11.8 Å². The van der Waals surface area contributed by atoms with Crippen LogP contribution in [0.5, 0.6) is 0 Å². The zero-order chi connectivity index (χ0) is 27.9. The molecule has 3 rings (SSSR count). The fourth-order valence-electron chi connectivity index (χ4n) is 3.91. The van der Waals surface area contributed by atoms with Crippen molar-refractivity contribution in [1.82, 2.24) is 10.2 Å². The monoisotopic (exact) mass is 555 g/mol. The number of carbonyl (C=O) groups is 2. The lowest BCUT2D eigenvalue weighted by Crippen LogP contribution is -2.52. The van der Waals surface area contributed by atoms with Crippen molar-refractivity contribution in [3.63, 3.8) is 0 Å². The number of hydrogen-bond acceptors (Lipinski definition) is 4. The summed E-state index contributed by atoms with van der Waals surface area (Å²) in [5.74, 6) is -0.799. The Labute approximate surface area is 230 Å². The quantitative estimate of drug-likeness (QED) is 0.353. The zero-order valence-corrected chi connectivity index (χ0v) is 23.7. The number of aryl methyl sites for hydroxylation is 1. The molecule has 7 nitrogen and oxygen atoms in total. The van der Waals surface area contributed by atoms with Gasteiger partial charge in [0, 0.05) is 17.6 Å². The van der Waals surface area contributed by atoms with Crippen LogP contribution in [0.25, 0.3) is 0 Å². The predicted octanol–water partition coefficient (Wildman–Crippen LogP) is 5.18. The van der Waals surface area contributed by atoms with Gasteiger partial charge >= 0.3 is 0 Å². The van der Waals surface area contributed by atoms with E-state index in [0.29, 0.717) is 10.7 Å². The van der Waals surface area contributed by atoms with Gasteiger partial charge in [-0.05, 0) is 69.2 Å². The molecule has 0 heterocycles. The van der Waals surface area contributed by atoms with Gasteiger partial charge in [-0.25, -0.2) is 8.42 Å². The molecule has 0 bridgehead atoms. The van der Waals surface area contributed by atoms with Gasteiger partial charge in [-0.2, -0.15) is 0 Å². The average molecular weight is 556 g/mol. The van der Waals surface area contributed by atoms with E-state index < -0.39 is 28.5 Å². The number of sulfonamides is 1. The van der Waals surface area contributed by atoms with Crippen molar-refractivity contribution >= 4 is 39.1 Å². The fourth-order valence-corrected chi connectivity index (χ4v) is 5.45. The highest BCUT2D eigenvalue weighted by molar-refractivity contribution is 7.92. The highest BCUT2D eigenvalue weighted by Gasteiger charge is 2.32. The van der Waals surface area contributed by atoms with Crippen LogP contribution in [0, 0.1) is 6.92 Å². The van der Waals surface area contributed by atoms with Crippen molar-refractivity contribution in [3.05, 3.63) is 95.0 Å². The molecule has 0 radical (unpaired) electrons. The van der Waals surface area contributed by atoms with Gasteiger partial charge in [-0.15, -0.1) is 0 Å². The Morgan fingerprint density at radius 2 is 1.61 bits per heavy atom. The van der Waals surface area contributed by atoms with Crippen molar-refractivity contribution in [2.75, 3.05) is 10.8 Å². The second-order valence-corrected chi connectivity index (χ2v) is 11.6. The van der Waals surface area contributed by atoms with Crippen molar-refractivity contribution < 1.29 is 18.0 Å². The Bertz CT molecular complexity index is 1350. The third kappa shape index (κ3) is 7.36. The van der Waals surface area contributed by atoms with Crippen molar-refractivity contribution in [3.8, 4) is 0 Å². The third-order valence-corrected chi connectivity index (χ3v) is 8.37. The molecule has 0 spiro atoms. The number of halogens is 1. The minimum absolute atomic E-state index is 0.00588. The molecule has 0 saturated carbocycles. The second kappa shape index (κ2) is 12.9. The van der Waals surface area contributed by atoms with Crippen LogP contribution < -0.4 is 9.62 Å². The number of carbonyl (C=O) groups excluding carboxylic acids is 2. The molecule has 0 fully saturated rings. The van der Waals surface area contributed by atoms with Crippen LogP contribution in [0.3, 0.4) is 0 Å². The molecule has 2 unspecified atom stereocenters. The number of amides is 2. The van der Waals surface area contributed by atoms with Crippen molar-refractivity contribution in [2.24, 2.45) is 0 Å². The van der Waals surface area contributed by atoms with E-state index in [-0.39, 0.29) is 23.4 Å². The maximum atomic E-state index is 13.9. The molecule has 3 aromatic carbocycles. The third-order valence-electron chi connectivity index (χ3n) is 6.33. The van der Waals surface area contributed by atoms with E-state index in [2.05, 4.69) is 5.32 Å². The molecule has 0 aliphatic heterocycles. The number of rotatable bonds is 11. The van der Waals surface area contributed by atoms with Gasteiger partial charge < -0.3 is 10.2 Å². The van der Waals surface area contributed by atoms with Gasteiger partial charge in [0.05, 0.1) is 10.6 Å². The molecule has 2 amide bonds. The van der Waals surface area contributed by atoms with Gasteiger partial charge in [0.25, 0.3) is 10.0 Å². The first-order valence-corrected chi connectivity index (χ1v) is 14.3. The lowest BCUT2D eigenvalue weighted by Gasteiger charge is -2.32. The molecule has 9 heteroatoms. The highest BCUT2D eigenvalue weighted by atomic mass is 35.5.